The third-order valence-corrected chi connectivity index (χ3v) is 5.58. The van der Waals surface area contributed by atoms with Crippen molar-refractivity contribution in [2.24, 2.45) is 4.99 Å². The van der Waals surface area contributed by atoms with Gasteiger partial charge in [0.2, 0.25) is 5.16 Å². The van der Waals surface area contributed by atoms with Crippen LogP contribution < -0.4 is 5.43 Å². The van der Waals surface area contributed by atoms with E-state index in [1.807, 2.05) is 53.2 Å². The van der Waals surface area contributed by atoms with Gasteiger partial charge in [0.1, 0.15) is 5.84 Å². The Balaban J connectivity index is 1.69. The zero-order valence-electron chi connectivity index (χ0n) is 12.3. The minimum absolute atomic E-state index is 0.726. The Morgan fingerprint density at radius 1 is 1.04 bits per heavy atom. The molecule has 120 valence electrons. The molecule has 5 nitrogen and oxygen atoms in total. The summed E-state index contributed by atoms with van der Waals surface area (Å²) in [4.78, 5) is 4.67. The lowest BCUT2D eigenvalue weighted by Crippen LogP contribution is -2.30. The summed E-state index contributed by atoms with van der Waals surface area (Å²) in [5.74, 6) is 2.35. The maximum Gasteiger partial charge on any atom is 0.211 e. The molecule has 0 amide bonds. The fraction of sp³-hybridized carbons (Fsp3) is 0.0625. The van der Waals surface area contributed by atoms with E-state index >= 15 is 0 Å². The van der Waals surface area contributed by atoms with E-state index in [4.69, 9.17) is 0 Å². The van der Waals surface area contributed by atoms with Crippen molar-refractivity contribution in [3.05, 3.63) is 57.5 Å². The predicted molar refractivity (Wildman–Crippen MR) is 104 cm³/mol. The Morgan fingerprint density at radius 3 is 2.62 bits per heavy atom. The molecule has 8 heteroatoms. The number of hydrogen-bond acceptors (Lipinski definition) is 4. The van der Waals surface area contributed by atoms with Crippen molar-refractivity contribution in [3.63, 3.8) is 0 Å². The summed E-state index contributed by atoms with van der Waals surface area (Å²) in [5.41, 5.74) is 5.21. The fourth-order valence-corrected chi connectivity index (χ4v) is 3.79. The number of rotatable bonds is 2. The number of aromatic nitrogens is 3. The van der Waals surface area contributed by atoms with E-state index in [9.17, 15) is 0 Å². The zero-order valence-corrected chi connectivity index (χ0v) is 16.3. The van der Waals surface area contributed by atoms with E-state index in [1.54, 1.807) is 11.8 Å². The number of amidine groups is 1. The van der Waals surface area contributed by atoms with Gasteiger partial charge in [0, 0.05) is 14.5 Å². The molecule has 0 bridgehead atoms. The fourth-order valence-electron chi connectivity index (χ4n) is 2.30. The van der Waals surface area contributed by atoms with Crippen LogP contribution >= 0.6 is 43.6 Å². The summed E-state index contributed by atoms with van der Waals surface area (Å²) >= 11 is 8.62. The lowest BCUT2D eigenvalue weighted by molar-refractivity contribution is 0.826. The summed E-state index contributed by atoms with van der Waals surface area (Å²) < 4.78 is 3.89. The van der Waals surface area contributed by atoms with Crippen LogP contribution in [0.2, 0.25) is 0 Å². The first kappa shape index (κ1) is 15.9. The average Bonchev–Trinajstić information content (AvgIpc) is 3.00. The second-order valence-electron chi connectivity index (χ2n) is 5.06. The largest absolute Gasteiger partial charge is 0.276 e. The summed E-state index contributed by atoms with van der Waals surface area (Å²) in [6, 6.07) is 15.9. The highest BCUT2D eigenvalue weighted by atomic mass is 79.9. The minimum Gasteiger partial charge on any atom is -0.276 e. The first-order chi connectivity index (χ1) is 11.7. The number of nitrogens with one attached hydrogen (secondary N) is 1. The molecule has 1 aromatic heterocycles. The lowest BCUT2D eigenvalue weighted by atomic mass is 10.2. The van der Waals surface area contributed by atoms with Crippen LogP contribution in [0.1, 0.15) is 0 Å². The molecule has 0 atom stereocenters. The van der Waals surface area contributed by atoms with Crippen LogP contribution in [0, 0.1) is 0 Å². The summed E-state index contributed by atoms with van der Waals surface area (Å²) in [7, 11) is 0. The molecule has 0 radical (unpaired) electrons. The monoisotopic (exact) mass is 463 g/mol. The van der Waals surface area contributed by atoms with E-state index in [1.165, 1.54) is 0 Å². The molecule has 2 heterocycles. The molecule has 0 unspecified atom stereocenters. The lowest BCUT2D eigenvalue weighted by Gasteiger charge is -2.19. The Morgan fingerprint density at radius 2 is 1.83 bits per heavy atom. The van der Waals surface area contributed by atoms with Crippen molar-refractivity contribution in [3.8, 4) is 11.4 Å². The van der Waals surface area contributed by atoms with Gasteiger partial charge in [-0.1, -0.05) is 55.8 Å². The molecule has 0 spiro atoms. The standard InChI is InChI=1S/C16H11Br2N5S/c17-10-5-7-11(8-6-10)19-14-9-24-16-21-20-15(23(16)22-14)12-3-1-2-4-13(12)18/h1-8H,9H2,(H,19,22). The number of benzene rings is 2. The molecule has 1 aliphatic heterocycles. The summed E-state index contributed by atoms with van der Waals surface area (Å²) in [5, 5.41) is 9.41. The van der Waals surface area contributed by atoms with Gasteiger partial charge < -0.3 is 0 Å². The first-order valence-electron chi connectivity index (χ1n) is 7.14. The predicted octanol–water partition coefficient (Wildman–Crippen LogP) is 4.85. The molecule has 1 aliphatic rings. The topological polar surface area (TPSA) is 55.1 Å². The molecule has 0 aliphatic carbocycles. The Kier molecular flexibility index (Phi) is 4.43. The zero-order chi connectivity index (χ0) is 16.5. The molecule has 24 heavy (non-hydrogen) atoms. The molecule has 0 fully saturated rings. The van der Waals surface area contributed by atoms with Crippen LogP contribution in [0.25, 0.3) is 11.4 Å². The highest BCUT2D eigenvalue weighted by Crippen LogP contribution is 2.30. The number of thioether (sulfide) groups is 1. The van der Waals surface area contributed by atoms with Gasteiger partial charge in [-0.15, -0.1) is 10.2 Å². The third kappa shape index (κ3) is 3.13. The molecule has 0 saturated carbocycles. The van der Waals surface area contributed by atoms with E-state index < -0.39 is 0 Å². The molecule has 0 saturated heterocycles. The van der Waals surface area contributed by atoms with Gasteiger partial charge in [0.25, 0.3) is 0 Å². The number of aliphatic imine (C=N–C) groups is 1. The van der Waals surface area contributed by atoms with Gasteiger partial charge in [-0.05, 0) is 36.4 Å². The van der Waals surface area contributed by atoms with Crippen molar-refractivity contribution < 1.29 is 0 Å². The molecule has 4 rings (SSSR count). The van der Waals surface area contributed by atoms with Gasteiger partial charge in [0.15, 0.2) is 5.82 Å². The Labute approximate surface area is 159 Å². The third-order valence-electron chi connectivity index (χ3n) is 3.42. The maximum atomic E-state index is 4.67. The van der Waals surface area contributed by atoms with Crippen LogP contribution in [0.5, 0.6) is 0 Å². The number of nitrogens with zero attached hydrogens (tertiary/aromatic N) is 4. The van der Waals surface area contributed by atoms with E-state index in [0.717, 1.165) is 42.8 Å². The van der Waals surface area contributed by atoms with E-state index in [-0.39, 0.29) is 0 Å². The molecular formula is C16H11Br2N5S. The van der Waals surface area contributed by atoms with Crippen molar-refractivity contribution in [2.45, 2.75) is 5.16 Å². The van der Waals surface area contributed by atoms with Gasteiger partial charge in [-0.25, -0.2) is 9.67 Å². The van der Waals surface area contributed by atoms with Crippen molar-refractivity contribution >= 4 is 55.1 Å². The summed E-state index contributed by atoms with van der Waals surface area (Å²) in [6.45, 7) is 0. The highest BCUT2D eigenvalue weighted by molar-refractivity contribution is 9.10. The second-order valence-corrected chi connectivity index (χ2v) is 7.77. The summed E-state index contributed by atoms with van der Waals surface area (Å²) in [6.07, 6.45) is 0. The van der Waals surface area contributed by atoms with Crippen LogP contribution in [0.15, 0.2) is 67.6 Å². The van der Waals surface area contributed by atoms with Crippen LogP contribution in [-0.2, 0) is 0 Å². The number of fused-ring (bicyclic) bond motifs is 1. The minimum atomic E-state index is 0.726. The van der Waals surface area contributed by atoms with Gasteiger partial charge in [-0.2, -0.15) is 0 Å². The van der Waals surface area contributed by atoms with Crippen molar-refractivity contribution in [1.82, 2.24) is 14.9 Å². The van der Waals surface area contributed by atoms with E-state index in [2.05, 4.69) is 52.5 Å². The maximum absolute atomic E-state index is 4.67. The molecule has 2 aromatic carbocycles. The van der Waals surface area contributed by atoms with Crippen LogP contribution in [0.4, 0.5) is 5.69 Å². The SMILES string of the molecule is Brc1ccc(N=C2CSc3nnc(-c4ccccc4Br)n3N2)cc1. The van der Waals surface area contributed by atoms with Gasteiger partial charge in [-0.3, -0.25) is 5.43 Å². The average molecular weight is 465 g/mol. The highest BCUT2D eigenvalue weighted by Gasteiger charge is 2.21. The molecular weight excluding hydrogens is 454 g/mol. The second kappa shape index (κ2) is 6.70. The van der Waals surface area contributed by atoms with Gasteiger partial charge in [0.05, 0.1) is 11.4 Å². The quantitative estimate of drug-likeness (QED) is 0.588. The molecule has 1 N–H and O–H groups in total. The number of halogens is 2. The first-order valence-corrected chi connectivity index (χ1v) is 9.71. The van der Waals surface area contributed by atoms with Crippen molar-refractivity contribution in [1.29, 1.82) is 0 Å². The van der Waals surface area contributed by atoms with Crippen LogP contribution in [-0.4, -0.2) is 26.5 Å². The Hall–Kier alpha value is -1.64. The molecule has 3 aromatic rings. The van der Waals surface area contributed by atoms with Gasteiger partial charge >= 0.3 is 0 Å². The van der Waals surface area contributed by atoms with Crippen LogP contribution in [0.3, 0.4) is 0 Å². The normalized spacial score (nSPS) is 15.2. The van der Waals surface area contributed by atoms with E-state index in [0.29, 0.717) is 0 Å². The number of hydrogen-bond donors (Lipinski definition) is 1. The smallest absolute Gasteiger partial charge is 0.211 e. The van der Waals surface area contributed by atoms with Crippen molar-refractivity contribution in [2.75, 3.05) is 11.2 Å². The Bertz CT molecular complexity index is 920.